The van der Waals surface area contributed by atoms with E-state index in [1.807, 2.05) is 36.4 Å². The number of amides is 1. The summed E-state index contributed by atoms with van der Waals surface area (Å²) in [5, 5.41) is 0. The molecule has 5 heteroatoms. The maximum Gasteiger partial charge on any atom is 0.254 e. The van der Waals surface area contributed by atoms with Gasteiger partial charge in [-0.25, -0.2) is 0 Å². The second-order valence-corrected chi connectivity index (χ2v) is 5.59. The lowest BCUT2D eigenvalue weighted by Crippen LogP contribution is -2.22. The van der Waals surface area contributed by atoms with Crippen molar-refractivity contribution in [3.05, 3.63) is 58.4 Å². The Balaban J connectivity index is 2.32. The molecule has 0 aliphatic rings. The van der Waals surface area contributed by atoms with E-state index in [-0.39, 0.29) is 11.0 Å². The van der Waals surface area contributed by atoms with Crippen LogP contribution in [0.5, 0.6) is 0 Å². The van der Waals surface area contributed by atoms with Gasteiger partial charge in [-0.15, -0.1) is 11.3 Å². The molecule has 2 N–H and O–H groups in total. The number of nitrogens with two attached hydrogens (primary N) is 1. The van der Waals surface area contributed by atoms with E-state index < -0.39 is 5.91 Å². The fraction of sp³-hybridized carbons (Fsp3) is 0.0667. The Kier molecular flexibility index (Phi) is 2.91. The first-order valence-electron chi connectivity index (χ1n) is 6.06. The molecule has 0 spiro atoms. The molecule has 0 fully saturated rings. The predicted molar refractivity (Wildman–Crippen MR) is 81.0 cm³/mol. The van der Waals surface area contributed by atoms with E-state index in [0.717, 1.165) is 16.0 Å². The lowest BCUT2D eigenvalue weighted by Gasteiger charge is -2.02. The van der Waals surface area contributed by atoms with Crippen LogP contribution < -0.4 is 11.2 Å². The second kappa shape index (κ2) is 4.61. The number of hydrogen-bond donors (Lipinski definition) is 1. The van der Waals surface area contributed by atoms with Crippen molar-refractivity contribution >= 4 is 27.5 Å². The number of benzene rings is 1. The molecule has 1 aromatic carbocycles. The van der Waals surface area contributed by atoms with Crippen LogP contribution >= 0.6 is 11.3 Å². The Labute approximate surface area is 119 Å². The van der Waals surface area contributed by atoms with Crippen molar-refractivity contribution in [2.75, 3.05) is 0 Å². The smallest absolute Gasteiger partial charge is 0.254 e. The number of pyridine rings is 1. The molecule has 0 saturated heterocycles. The van der Waals surface area contributed by atoms with Crippen LogP contribution in [0.4, 0.5) is 0 Å². The molecule has 3 rings (SSSR count). The van der Waals surface area contributed by atoms with Gasteiger partial charge >= 0.3 is 0 Å². The molecule has 0 saturated carbocycles. The molecule has 3 aromatic rings. The maximum absolute atomic E-state index is 12.3. The lowest BCUT2D eigenvalue weighted by molar-refractivity contribution is 0.0999. The van der Waals surface area contributed by atoms with Gasteiger partial charge in [0.2, 0.25) is 5.43 Å². The molecule has 20 heavy (non-hydrogen) atoms. The topological polar surface area (TPSA) is 65.1 Å². The van der Waals surface area contributed by atoms with Gasteiger partial charge in [-0.3, -0.25) is 9.59 Å². The monoisotopic (exact) mass is 284 g/mol. The maximum atomic E-state index is 12.3. The number of primary amides is 1. The minimum atomic E-state index is -0.692. The van der Waals surface area contributed by atoms with Gasteiger partial charge in [0.15, 0.2) is 0 Å². The van der Waals surface area contributed by atoms with E-state index in [1.54, 1.807) is 11.6 Å². The van der Waals surface area contributed by atoms with Gasteiger partial charge in [-0.2, -0.15) is 0 Å². The Hall–Kier alpha value is -2.40. The third-order valence-electron chi connectivity index (χ3n) is 3.19. The number of thiophene rings is 1. The summed E-state index contributed by atoms with van der Waals surface area (Å²) in [5.41, 5.74) is 6.84. The number of carbonyl (C=O) groups is 1. The Morgan fingerprint density at radius 3 is 2.60 bits per heavy atom. The van der Waals surface area contributed by atoms with Crippen molar-refractivity contribution in [2.24, 2.45) is 12.8 Å². The van der Waals surface area contributed by atoms with Crippen LogP contribution in [0.2, 0.25) is 0 Å². The summed E-state index contributed by atoms with van der Waals surface area (Å²) >= 11 is 1.38. The molecule has 2 heterocycles. The first-order valence-corrected chi connectivity index (χ1v) is 6.88. The highest BCUT2D eigenvalue weighted by Gasteiger charge is 2.15. The first kappa shape index (κ1) is 12.6. The Morgan fingerprint density at radius 1 is 1.25 bits per heavy atom. The van der Waals surface area contributed by atoms with Crippen LogP contribution in [0.15, 0.2) is 47.4 Å². The van der Waals surface area contributed by atoms with Crippen LogP contribution in [0.3, 0.4) is 0 Å². The van der Waals surface area contributed by atoms with E-state index >= 15 is 0 Å². The zero-order valence-corrected chi connectivity index (χ0v) is 11.6. The lowest BCUT2D eigenvalue weighted by atomic mass is 10.2. The zero-order chi connectivity index (χ0) is 14.3. The summed E-state index contributed by atoms with van der Waals surface area (Å²) < 4.78 is 2.32. The predicted octanol–water partition coefficient (Wildman–Crippen LogP) is 2.37. The number of carbonyl (C=O) groups excluding carboxylic acids is 1. The standard InChI is InChI=1S/C15H12N2O2S/c1-17-8-10(15(16)19)13(18)14-11(17)7-12(20-14)9-5-3-2-4-6-9/h2-8H,1H3,(H2,16,19). The number of fused-ring (bicyclic) bond motifs is 1. The normalized spacial score (nSPS) is 10.8. The largest absolute Gasteiger partial charge is 0.365 e. The van der Waals surface area contributed by atoms with Crippen LogP contribution in [0.25, 0.3) is 20.7 Å². The van der Waals surface area contributed by atoms with Crippen LogP contribution in [0.1, 0.15) is 10.4 Å². The number of aromatic nitrogens is 1. The summed E-state index contributed by atoms with van der Waals surface area (Å²) in [7, 11) is 1.80. The van der Waals surface area contributed by atoms with E-state index in [1.165, 1.54) is 17.5 Å². The van der Waals surface area contributed by atoms with E-state index in [9.17, 15) is 9.59 Å². The summed E-state index contributed by atoms with van der Waals surface area (Å²) in [6.45, 7) is 0. The second-order valence-electron chi connectivity index (χ2n) is 4.54. The number of aryl methyl sites for hydroxylation is 1. The number of rotatable bonds is 2. The SMILES string of the molecule is Cn1cc(C(N)=O)c(=O)c2sc(-c3ccccc3)cc21. The molecule has 1 amide bonds. The summed E-state index contributed by atoms with van der Waals surface area (Å²) in [6.07, 6.45) is 1.49. The zero-order valence-electron chi connectivity index (χ0n) is 10.8. The molecule has 0 aliphatic heterocycles. The summed E-state index contributed by atoms with van der Waals surface area (Å²) in [6, 6.07) is 11.8. The molecule has 2 aromatic heterocycles. The van der Waals surface area contributed by atoms with Gasteiger partial charge < -0.3 is 10.3 Å². The Bertz CT molecular complexity index is 863. The summed E-state index contributed by atoms with van der Waals surface area (Å²) in [4.78, 5) is 24.6. The highest BCUT2D eigenvalue weighted by atomic mass is 32.1. The highest BCUT2D eigenvalue weighted by Crippen LogP contribution is 2.31. The van der Waals surface area contributed by atoms with Crippen LogP contribution in [-0.2, 0) is 7.05 Å². The third-order valence-corrected chi connectivity index (χ3v) is 4.36. The molecular weight excluding hydrogens is 272 g/mol. The van der Waals surface area contributed by atoms with Crippen molar-refractivity contribution in [2.45, 2.75) is 0 Å². The Morgan fingerprint density at radius 2 is 1.95 bits per heavy atom. The van der Waals surface area contributed by atoms with Gasteiger partial charge in [0.25, 0.3) is 5.91 Å². The van der Waals surface area contributed by atoms with Crippen molar-refractivity contribution in [3.8, 4) is 10.4 Å². The summed E-state index contributed by atoms with van der Waals surface area (Å²) in [5.74, 6) is -0.692. The van der Waals surface area contributed by atoms with Crippen molar-refractivity contribution in [3.63, 3.8) is 0 Å². The average Bonchev–Trinajstić information content (AvgIpc) is 2.89. The fourth-order valence-electron chi connectivity index (χ4n) is 2.17. The van der Waals surface area contributed by atoms with E-state index in [0.29, 0.717) is 4.70 Å². The van der Waals surface area contributed by atoms with Crippen molar-refractivity contribution < 1.29 is 4.79 Å². The fourth-order valence-corrected chi connectivity index (χ4v) is 3.32. The number of nitrogens with zero attached hydrogens (tertiary/aromatic N) is 1. The van der Waals surface area contributed by atoms with E-state index in [2.05, 4.69) is 0 Å². The van der Waals surface area contributed by atoms with E-state index in [4.69, 9.17) is 5.73 Å². The molecule has 4 nitrogen and oxygen atoms in total. The van der Waals surface area contributed by atoms with Gasteiger partial charge in [-0.05, 0) is 11.6 Å². The van der Waals surface area contributed by atoms with Gasteiger partial charge in [0.05, 0.1) is 10.2 Å². The van der Waals surface area contributed by atoms with Crippen molar-refractivity contribution in [1.82, 2.24) is 4.57 Å². The van der Waals surface area contributed by atoms with Gasteiger partial charge in [0.1, 0.15) is 5.56 Å². The third kappa shape index (κ3) is 1.92. The number of hydrogen-bond acceptors (Lipinski definition) is 3. The molecule has 0 radical (unpaired) electrons. The van der Waals surface area contributed by atoms with Gasteiger partial charge in [0, 0.05) is 18.1 Å². The molecular formula is C15H12N2O2S. The van der Waals surface area contributed by atoms with Gasteiger partial charge in [-0.1, -0.05) is 30.3 Å². The molecule has 0 aliphatic carbocycles. The minimum absolute atomic E-state index is 0.0291. The molecule has 0 unspecified atom stereocenters. The average molecular weight is 284 g/mol. The van der Waals surface area contributed by atoms with Crippen LogP contribution in [-0.4, -0.2) is 10.5 Å². The minimum Gasteiger partial charge on any atom is -0.365 e. The first-order chi connectivity index (χ1) is 9.58. The molecule has 0 atom stereocenters. The van der Waals surface area contributed by atoms with Crippen LogP contribution in [0, 0.1) is 0 Å². The highest BCUT2D eigenvalue weighted by molar-refractivity contribution is 7.22. The van der Waals surface area contributed by atoms with Crippen molar-refractivity contribution in [1.29, 1.82) is 0 Å². The molecule has 100 valence electrons. The molecule has 0 bridgehead atoms. The quantitative estimate of drug-likeness (QED) is 0.785.